The first-order chi connectivity index (χ1) is 12.0. The summed E-state index contributed by atoms with van der Waals surface area (Å²) < 4.78 is 1.02. The van der Waals surface area contributed by atoms with E-state index in [1.807, 2.05) is 43.3 Å². The molecule has 3 rings (SSSR count). The summed E-state index contributed by atoms with van der Waals surface area (Å²) in [5.74, 6) is 0. The highest BCUT2D eigenvalue weighted by Crippen LogP contribution is 2.33. The van der Waals surface area contributed by atoms with Crippen molar-refractivity contribution in [3.63, 3.8) is 0 Å². The summed E-state index contributed by atoms with van der Waals surface area (Å²) in [7, 11) is 0. The Balaban J connectivity index is 1.86. The number of nitro groups is 1. The molecule has 2 aromatic rings. The number of nitro benzene ring substituents is 1. The Morgan fingerprint density at radius 3 is 2.44 bits per heavy atom. The second kappa shape index (κ2) is 7.87. The quantitative estimate of drug-likeness (QED) is 0.527. The number of halogens is 1. The zero-order chi connectivity index (χ0) is 17.8. The number of hydrogen-bond donors (Lipinski definition) is 1. The Morgan fingerprint density at radius 1 is 1.12 bits per heavy atom. The van der Waals surface area contributed by atoms with Gasteiger partial charge in [0.2, 0.25) is 0 Å². The van der Waals surface area contributed by atoms with E-state index in [4.69, 9.17) is 0 Å². The van der Waals surface area contributed by atoms with Gasteiger partial charge in [-0.2, -0.15) is 0 Å². The van der Waals surface area contributed by atoms with E-state index in [1.54, 1.807) is 6.07 Å². The Labute approximate surface area is 156 Å². The van der Waals surface area contributed by atoms with E-state index < -0.39 is 0 Å². The average molecular weight is 404 g/mol. The normalized spacial score (nSPS) is 15.7. The Kier molecular flexibility index (Phi) is 5.58. The van der Waals surface area contributed by atoms with Gasteiger partial charge in [0.25, 0.3) is 5.69 Å². The van der Waals surface area contributed by atoms with Crippen molar-refractivity contribution >= 4 is 33.0 Å². The topological polar surface area (TPSA) is 58.4 Å². The molecule has 0 unspecified atom stereocenters. The molecule has 6 heteroatoms. The van der Waals surface area contributed by atoms with E-state index in [2.05, 4.69) is 26.1 Å². The van der Waals surface area contributed by atoms with Crippen LogP contribution >= 0.6 is 15.9 Å². The lowest BCUT2D eigenvalue weighted by Gasteiger charge is -2.29. The van der Waals surface area contributed by atoms with E-state index in [-0.39, 0.29) is 16.7 Å². The highest BCUT2D eigenvalue weighted by Gasteiger charge is 2.19. The van der Waals surface area contributed by atoms with Crippen molar-refractivity contribution in [2.45, 2.75) is 32.2 Å². The predicted molar refractivity (Wildman–Crippen MR) is 105 cm³/mol. The third-order valence-electron chi connectivity index (χ3n) is 4.64. The molecule has 1 saturated heterocycles. The van der Waals surface area contributed by atoms with Gasteiger partial charge in [-0.15, -0.1) is 0 Å². The molecule has 0 aromatic heterocycles. The van der Waals surface area contributed by atoms with Gasteiger partial charge in [-0.3, -0.25) is 10.1 Å². The van der Waals surface area contributed by atoms with E-state index in [0.29, 0.717) is 5.69 Å². The van der Waals surface area contributed by atoms with Crippen molar-refractivity contribution in [2.75, 3.05) is 23.3 Å². The minimum Gasteiger partial charge on any atom is -0.373 e. The zero-order valence-corrected chi connectivity index (χ0v) is 15.8. The SMILES string of the molecule is C[C@@H](Nc1cc(N2CCCCC2)ccc1[N+](=O)[O-])c1ccc(Br)cc1. The predicted octanol–water partition coefficient (Wildman–Crippen LogP) is 5.52. The molecule has 0 amide bonds. The monoisotopic (exact) mass is 403 g/mol. The van der Waals surface area contributed by atoms with Crippen molar-refractivity contribution in [1.29, 1.82) is 0 Å². The van der Waals surface area contributed by atoms with Crippen LogP contribution in [-0.2, 0) is 0 Å². The number of benzene rings is 2. The molecule has 1 N–H and O–H groups in total. The molecule has 0 bridgehead atoms. The molecule has 0 radical (unpaired) electrons. The lowest BCUT2D eigenvalue weighted by Crippen LogP contribution is -2.29. The lowest BCUT2D eigenvalue weighted by atomic mass is 10.1. The van der Waals surface area contributed by atoms with Gasteiger partial charge in [-0.05, 0) is 56.0 Å². The van der Waals surface area contributed by atoms with Crippen molar-refractivity contribution in [1.82, 2.24) is 0 Å². The third kappa shape index (κ3) is 4.31. The van der Waals surface area contributed by atoms with Crippen LogP contribution in [0.5, 0.6) is 0 Å². The van der Waals surface area contributed by atoms with Gasteiger partial charge >= 0.3 is 0 Å². The number of rotatable bonds is 5. The van der Waals surface area contributed by atoms with E-state index in [9.17, 15) is 10.1 Å². The lowest BCUT2D eigenvalue weighted by molar-refractivity contribution is -0.384. The van der Waals surface area contributed by atoms with Crippen molar-refractivity contribution < 1.29 is 4.92 Å². The van der Waals surface area contributed by atoms with Gasteiger partial charge in [0.1, 0.15) is 5.69 Å². The number of hydrogen-bond acceptors (Lipinski definition) is 4. The Morgan fingerprint density at radius 2 is 1.80 bits per heavy atom. The summed E-state index contributed by atoms with van der Waals surface area (Å²) in [5.41, 5.74) is 2.82. The van der Waals surface area contributed by atoms with Crippen LogP contribution in [0.1, 0.15) is 37.8 Å². The number of anilines is 2. The van der Waals surface area contributed by atoms with Crippen molar-refractivity contribution in [3.8, 4) is 0 Å². The maximum atomic E-state index is 11.4. The first-order valence-electron chi connectivity index (χ1n) is 8.60. The van der Waals surface area contributed by atoms with E-state index in [1.165, 1.54) is 19.3 Å². The number of nitrogens with zero attached hydrogens (tertiary/aromatic N) is 2. The summed E-state index contributed by atoms with van der Waals surface area (Å²) in [6.45, 7) is 4.04. The molecular weight excluding hydrogens is 382 g/mol. The first kappa shape index (κ1) is 17.7. The number of nitrogens with one attached hydrogen (secondary N) is 1. The Bertz CT molecular complexity index is 743. The van der Waals surface area contributed by atoms with Crippen LogP contribution in [0.4, 0.5) is 17.1 Å². The summed E-state index contributed by atoms with van der Waals surface area (Å²) >= 11 is 3.43. The van der Waals surface area contributed by atoms with Gasteiger partial charge in [0, 0.05) is 35.4 Å². The summed E-state index contributed by atoms with van der Waals surface area (Å²) in [6.07, 6.45) is 3.61. The molecule has 5 nitrogen and oxygen atoms in total. The minimum atomic E-state index is -0.323. The molecule has 25 heavy (non-hydrogen) atoms. The van der Waals surface area contributed by atoms with Gasteiger partial charge < -0.3 is 10.2 Å². The zero-order valence-electron chi connectivity index (χ0n) is 14.2. The van der Waals surface area contributed by atoms with Gasteiger partial charge in [-0.25, -0.2) is 0 Å². The molecule has 2 aromatic carbocycles. The van der Waals surface area contributed by atoms with Crippen molar-refractivity contribution in [2.24, 2.45) is 0 Å². The second-order valence-corrected chi connectivity index (χ2v) is 7.34. The van der Waals surface area contributed by atoms with Gasteiger partial charge in [0.05, 0.1) is 4.92 Å². The highest BCUT2D eigenvalue weighted by atomic mass is 79.9. The maximum absolute atomic E-state index is 11.4. The fourth-order valence-electron chi connectivity index (χ4n) is 3.22. The molecule has 1 atom stereocenters. The number of piperidine rings is 1. The van der Waals surface area contributed by atoms with Crippen LogP contribution in [0.15, 0.2) is 46.9 Å². The molecular formula is C19H22BrN3O2. The van der Waals surface area contributed by atoms with Crippen LogP contribution in [0, 0.1) is 10.1 Å². The summed E-state index contributed by atoms with van der Waals surface area (Å²) in [4.78, 5) is 13.4. The third-order valence-corrected chi connectivity index (χ3v) is 5.17. The molecule has 1 aliphatic heterocycles. The molecule has 1 fully saturated rings. The van der Waals surface area contributed by atoms with Crippen molar-refractivity contribution in [3.05, 3.63) is 62.6 Å². The maximum Gasteiger partial charge on any atom is 0.292 e. The van der Waals surface area contributed by atoms with Gasteiger partial charge in [0.15, 0.2) is 0 Å². The van der Waals surface area contributed by atoms with Crippen LogP contribution in [0.3, 0.4) is 0 Å². The molecule has 1 aliphatic rings. The second-order valence-electron chi connectivity index (χ2n) is 6.42. The summed E-state index contributed by atoms with van der Waals surface area (Å²) in [5, 5.41) is 14.7. The highest BCUT2D eigenvalue weighted by molar-refractivity contribution is 9.10. The average Bonchev–Trinajstić information content (AvgIpc) is 2.62. The van der Waals surface area contributed by atoms with Crippen LogP contribution in [0.2, 0.25) is 0 Å². The first-order valence-corrected chi connectivity index (χ1v) is 9.39. The smallest absolute Gasteiger partial charge is 0.292 e. The van der Waals surface area contributed by atoms with Crippen LogP contribution in [0.25, 0.3) is 0 Å². The van der Waals surface area contributed by atoms with Crippen LogP contribution in [-0.4, -0.2) is 18.0 Å². The van der Waals surface area contributed by atoms with E-state index >= 15 is 0 Å². The summed E-state index contributed by atoms with van der Waals surface area (Å²) in [6, 6.07) is 13.4. The Hall–Kier alpha value is -2.08. The van der Waals surface area contributed by atoms with Gasteiger partial charge in [-0.1, -0.05) is 28.1 Å². The molecule has 0 saturated carbocycles. The van der Waals surface area contributed by atoms with Crippen LogP contribution < -0.4 is 10.2 Å². The molecule has 0 aliphatic carbocycles. The minimum absolute atomic E-state index is 0.0246. The standard InChI is InChI=1S/C19H22BrN3O2/c1-14(15-5-7-16(20)8-6-15)21-18-13-17(9-10-19(18)23(24)25)22-11-3-2-4-12-22/h5-10,13-14,21H,2-4,11-12H2,1H3/t14-/m1/s1. The molecule has 0 spiro atoms. The fourth-order valence-corrected chi connectivity index (χ4v) is 3.48. The molecule has 1 heterocycles. The fraction of sp³-hybridized carbons (Fsp3) is 0.368. The van der Waals surface area contributed by atoms with E-state index in [0.717, 1.165) is 28.8 Å². The largest absolute Gasteiger partial charge is 0.373 e. The molecule has 132 valence electrons.